The van der Waals surface area contributed by atoms with Gasteiger partial charge in [0.1, 0.15) is 5.82 Å². The molecule has 0 saturated carbocycles. The molecule has 0 spiro atoms. The molecule has 3 heterocycles. The van der Waals surface area contributed by atoms with Crippen LogP contribution in [0.4, 0.5) is 11.4 Å². The number of nitrogens with zero attached hydrogens (tertiary/aromatic N) is 4. The fourth-order valence-corrected chi connectivity index (χ4v) is 8.25. The molecular formula is C54H49N4OPt-3. The molecule has 5 nitrogen and oxygen atoms in total. The van der Waals surface area contributed by atoms with Crippen molar-refractivity contribution in [3.8, 4) is 17.3 Å². The van der Waals surface area contributed by atoms with E-state index in [9.17, 15) is 0 Å². The van der Waals surface area contributed by atoms with E-state index in [1.165, 1.54) is 22.3 Å². The molecule has 304 valence electrons. The van der Waals surface area contributed by atoms with Gasteiger partial charge in [0.05, 0.1) is 0 Å². The number of fused-ring (bicyclic) bond motifs is 3. The van der Waals surface area contributed by atoms with Crippen molar-refractivity contribution in [2.45, 2.75) is 59.3 Å². The van der Waals surface area contributed by atoms with Gasteiger partial charge in [0, 0.05) is 71.9 Å². The van der Waals surface area contributed by atoms with Crippen LogP contribution in [-0.4, -0.2) is 9.55 Å². The first kappa shape index (κ1) is 40.9. The first-order valence-electron chi connectivity index (χ1n) is 20.4. The fourth-order valence-electron chi connectivity index (χ4n) is 8.25. The summed E-state index contributed by atoms with van der Waals surface area (Å²) in [5, 5.41) is 2.22. The summed E-state index contributed by atoms with van der Waals surface area (Å²) in [6.45, 7) is 18.0. The minimum atomic E-state index is -0.216. The van der Waals surface area contributed by atoms with Crippen molar-refractivity contribution in [2.75, 3.05) is 9.80 Å². The number of pyridine rings is 1. The van der Waals surface area contributed by atoms with E-state index in [0.29, 0.717) is 11.5 Å². The second kappa shape index (κ2) is 15.9. The number of allylic oxidation sites excluding steroid dienone is 1. The molecule has 9 rings (SSSR count). The van der Waals surface area contributed by atoms with Crippen LogP contribution in [0.25, 0.3) is 27.6 Å². The van der Waals surface area contributed by atoms with Crippen molar-refractivity contribution in [1.82, 2.24) is 9.55 Å². The Morgan fingerprint density at radius 2 is 1.18 bits per heavy atom. The summed E-state index contributed by atoms with van der Waals surface area (Å²) < 4.78 is 8.80. The molecule has 2 aromatic heterocycles. The molecule has 0 N–H and O–H groups in total. The molecule has 0 fully saturated rings. The van der Waals surface area contributed by atoms with E-state index >= 15 is 0 Å². The molecule has 0 aliphatic carbocycles. The average molecular weight is 965 g/mol. The third-order valence-electron chi connectivity index (χ3n) is 11.9. The average Bonchev–Trinajstić information content (AvgIpc) is 3.85. The largest absolute Gasteiger partial charge is 0.509 e. The molecule has 6 heteroatoms. The normalized spacial score (nSPS) is 13.4. The maximum Gasteiger partial charge on any atom is 0.135 e. The molecular weight excluding hydrogens is 916 g/mol. The van der Waals surface area contributed by atoms with Crippen LogP contribution in [0.5, 0.6) is 11.5 Å². The summed E-state index contributed by atoms with van der Waals surface area (Å²) in [4.78, 5) is 9.34. The van der Waals surface area contributed by atoms with Crippen LogP contribution in [0.1, 0.15) is 70.7 Å². The number of hydrogen-bond donors (Lipinski definition) is 0. The van der Waals surface area contributed by atoms with Gasteiger partial charge < -0.3 is 19.1 Å². The van der Waals surface area contributed by atoms with E-state index in [1.54, 1.807) is 0 Å². The number of aromatic nitrogens is 2. The van der Waals surface area contributed by atoms with E-state index in [-0.39, 0.29) is 37.3 Å². The Bertz CT molecular complexity index is 2820. The van der Waals surface area contributed by atoms with Crippen LogP contribution in [0, 0.1) is 24.2 Å². The molecule has 0 radical (unpaired) electrons. The van der Waals surface area contributed by atoms with Gasteiger partial charge in [-0.25, -0.2) is 4.98 Å². The SMILES string of the molecule is CC(C)(C)C1=CN(c2ccc(C(C)(C)c3ccccc3)cc2)[CH-]N1c1[c-]c(Oc2[c-]c3c(cc2)c2ccccc2n3-c2cc(C(C)(C)c3ccccc3)ccn2)ccc1.[Pt]. The minimum absolute atomic E-state index is 0. The first-order valence-corrected chi connectivity index (χ1v) is 20.4. The Morgan fingerprint density at radius 3 is 1.87 bits per heavy atom. The van der Waals surface area contributed by atoms with Crippen molar-refractivity contribution in [1.29, 1.82) is 0 Å². The zero-order chi connectivity index (χ0) is 40.9. The summed E-state index contributed by atoms with van der Waals surface area (Å²) in [6.07, 6.45) is 4.14. The van der Waals surface area contributed by atoms with Crippen molar-refractivity contribution < 1.29 is 25.8 Å². The number of para-hydroxylation sites is 1. The molecule has 0 amide bonds. The number of rotatable bonds is 9. The maximum absolute atomic E-state index is 6.60. The Hall–Kier alpha value is -5.90. The van der Waals surface area contributed by atoms with E-state index < -0.39 is 0 Å². The summed E-state index contributed by atoms with van der Waals surface area (Å²) in [5.74, 6) is 2.05. The van der Waals surface area contributed by atoms with Crippen molar-refractivity contribution in [2.24, 2.45) is 5.41 Å². The molecule has 1 aliphatic rings. The molecule has 1 aliphatic heterocycles. The zero-order valence-electron chi connectivity index (χ0n) is 35.2. The Labute approximate surface area is 369 Å². The van der Waals surface area contributed by atoms with Crippen LogP contribution >= 0.6 is 0 Å². The van der Waals surface area contributed by atoms with Crippen molar-refractivity contribution in [3.63, 3.8) is 0 Å². The van der Waals surface area contributed by atoms with Crippen LogP contribution in [0.2, 0.25) is 0 Å². The molecule has 60 heavy (non-hydrogen) atoms. The first-order chi connectivity index (χ1) is 28.4. The predicted octanol–water partition coefficient (Wildman–Crippen LogP) is 13.6. The Morgan fingerprint density at radius 1 is 0.567 bits per heavy atom. The quantitative estimate of drug-likeness (QED) is 0.135. The van der Waals surface area contributed by atoms with E-state index in [2.05, 4.69) is 221 Å². The number of anilines is 2. The van der Waals surface area contributed by atoms with Crippen molar-refractivity contribution in [3.05, 3.63) is 211 Å². The molecule has 0 bridgehead atoms. The third-order valence-corrected chi connectivity index (χ3v) is 11.9. The van der Waals surface area contributed by atoms with Crippen LogP contribution < -0.4 is 14.5 Å². The minimum Gasteiger partial charge on any atom is -0.509 e. The zero-order valence-corrected chi connectivity index (χ0v) is 37.5. The number of ether oxygens (including phenoxy) is 1. The molecule has 0 atom stereocenters. The second-order valence-corrected chi connectivity index (χ2v) is 17.5. The van der Waals surface area contributed by atoms with Gasteiger partial charge in [-0.05, 0) is 64.2 Å². The summed E-state index contributed by atoms with van der Waals surface area (Å²) in [7, 11) is 0. The molecule has 0 unspecified atom stereocenters. The van der Waals surface area contributed by atoms with Crippen molar-refractivity contribution >= 4 is 33.2 Å². The predicted molar refractivity (Wildman–Crippen MR) is 243 cm³/mol. The van der Waals surface area contributed by atoms with Gasteiger partial charge in [-0.1, -0.05) is 145 Å². The van der Waals surface area contributed by atoms with Crippen LogP contribution in [-0.2, 0) is 31.9 Å². The number of hydrogen-bond acceptors (Lipinski definition) is 4. The van der Waals surface area contributed by atoms with E-state index in [0.717, 1.165) is 44.7 Å². The van der Waals surface area contributed by atoms with Crippen LogP contribution in [0.3, 0.4) is 0 Å². The van der Waals surface area contributed by atoms with Gasteiger partial charge in [-0.2, -0.15) is 12.1 Å². The second-order valence-electron chi connectivity index (χ2n) is 17.5. The standard InChI is InChI=1S/C54H49N4O.Pt/c1-52(2,3)50-36-56(42-27-25-40(26-28-42)53(4,5)38-17-10-8-11-18-38)37-57(50)43-21-16-22-44(34-43)59-45-29-30-47-46-23-14-15-24-48(46)58(49(47)35-45)51-33-41(31-32-55-51)54(6,7)39-19-12-9-13-20-39;/h8-33,36-37H,1-7H3;/q-3;. The topological polar surface area (TPSA) is 33.5 Å². The van der Waals surface area contributed by atoms with Gasteiger partial charge >= 0.3 is 0 Å². The van der Waals surface area contributed by atoms with Crippen LogP contribution in [0.15, 0.2) is 170 Å². The third kappa shape index (κ3) is 7.56. The van der Waals surface area contributed by atoms with Gasteiger partial charge in [-0.3, -0.25) is 0 Å². The van der Waals surface area contributed by atoms with Gasteiger partial charge in [0.25, 0.3) is 0 Å². The van der Waals surface area contributed by atoms with E-state index in [1.807, 2.05) is 24.4 Å². The van der Waals surface area contributed by atoms with Gasteiger partial charge in [0.2, 0.25) is 0 Å². The molecule has 8 aromatic rings. The fraction of sp³-hybridized carbons (Fsp3) is 0.185. The maximum atomic E-state index is 6.60. The smallest absolute Gasteiger partial charge is 0.135 e. The molecule has 0 saturated heterocycles. The number of benzene rings is 6. The van der Waals surface area contributed by atoms with E-state index in [4.69, 9.17) is 9.72 Å². The van der Waals surface area contributed by atoms with Gasteiger partial charge in [-0.15, -0.1) is 48.1 Å². The Kier molecular flexibility index (Phi) is 10.9. The molecule has 6 aromatic carbocycles. The Balaban J connectivity index is 0.00000499. The van der Waals surface area contributed by atoms with Gasteiger partial charge in [0.15, 0.2) is 0 Å². The summed E-state index contributed by atoms with van der Waals surface area (Å²) >= 11 is 0. The summed E-state index contributed by atoms with van der Waals surface area (Å²) in [5.41, 5.74) is 9.65. The monoisotopic (exact) mass is 964 g/mol. The summed E-state index contributed by atoms with van der Waals surface area (Å²) in [6, 6.07) is 60.4.